The van der Waals surface area contributed by atoms with Gasteiger partial charge in [0.2, 0.25) is 0 Å². The van der Waals surface area contributed by atoms with E-state index in [0.717, 1.165) is 31.6 Å². The van der Waals surface area contributed by atoms with Gasteiger partial charge < -0.3 is 10.5 Å². The highest BCUT2D eigenvalue weighted by Crippen LogP contribution is 2.33. The molecule has 1 saturated heterocycles. The summed E-state index contributed by atoms with van der Waals surface area (Å²) in [5, 5.41) is 0. The molecule has 1 aliphatic carbocycles. The molecule has 1 heterocycles. The predicted octanol–water partition coefficient (Wildman–Crippen LogP) is 1.86. The minimum Gasteiger partial charge on any atom is -0.380 e. The summed E-state index contributed by atoms with van der Waals surface area (Å²) in [5.74, 6) is 1.69. The van der Waals surface area contributed by atoms with Crippen molar-refractivity contribution in [1.29, 1.82) is 0 Å². The van der Waals surface area contributed by atoms with Crippen molar-refractivity contribution in [3.8, 4) is 0 Å². The van der Waals surface area contributed by atoms with E-state index in [1.54, 1.807) is 0 Å². The zero-order valence-electron chi connectivity index (χ0n) is 11.4. The van der Waals surface area contributed by atoms with Crippen molar-refractivity contribution in [1.82, 2.24) is 4.90 Å². The summed E-state index contributed by atoms with van der Waals surface area (Å²) in [7, 11) is 2.25. The second kappa shape index (κ2) is 6.17. The van der Waals surface area contributed by atoms with Gasteiger partial charge in [0.25, 0.3) is 0 Å². The third kappa shape index (κ3) is 3.21. The molecule has 4 unspecified atom stereocenters. The lowest BCUT2D eigenvalue weighted by atomic mass is 9.78. The number of rotatable bonds is 4. The molecule has 2 N–H and O–H groups in total. The first-order valence-electron chi connectivity index (χ1n) is 7.22. The second-order valence-electron chi connectivity index (χ2n) is 6.02. The summed E-state index contributed by atoms with van der Waals surface area (Å²) in [5.41, 5.74) is 6.04. The lowest BCUT2D eigenvalue weighted by Gasteiger charge is -2.40. The highest BCUT2D eigenvalue weighted by Gasteiger charge is 2.32. The molecule has 0 aromatic heterocycles. The molecule has 0 aromatic rings. The van der Waals surface area contributed by atoms with Gasteiger partial charge >= 0.3 is 0 Å². The number of likely N-dealkylation sites (N-methyl/N-ethyl adjacent to an activating group) is 1. The molecule has 0 bridgehead atoms. The standard InChI is InChI=1S/C14H28N2O/c1-11-4-3-5-12(8-11)14(9-15)16(2)13-6-7-17-10-13/h11-14H,3-10,15H2,1-2H3. The fourth-order valence-electron chi connectivity index (χ4n) is 3.64. The third-order valence-electron chi connectivity index (χ3n) is 4.77. The number of hydrogen-bond donors (Lipinski definition) is 1. The number of nitrogens with zero attached hydrogens (tertiary/aromatic N) is 1. The largest absolute Gasteiger partial charge is 0.380 e. The van der Waals surface area contributed by atoms with Gasteiger partial charge in [0, 0.05) is 25.2 Å². The molecule has 100 valence electrons. The SMILES string of the molecule is CC1CCCC(C(CN)N(C)C2CCOC2)C1. The van der Waals surface area contributed by atoms with Gasteiger partial charge in [0.15, 0.2) is 0 Å². The minimum atomic E-state index is 0.560. The number of ether oxygens (including phenoxy) is 1. The van der Waals surface area contributed by atoms with Crippen molar-refractivity contribution in [3.63, 3.8) is 0 Å². The average Bonchev–Trinajstić information content (AvgIpc) is 2.83. The van der Waals surface area contributed by atoms with E-state index in [-0.39, 0.29) is 0 Å². The van der Waals surface area contributed by atoms with Crippen LogP contribution in [0.2, 0.25) is 0 Å². The van der Waals surface area contributed by atoms with Gasteiger partial charge in [-0.1, -0.05) is 19.8 Å². The smallest absolute Gasteiger partial charge is 0.0622 e. The summed E-state index contributed by atoms with van der Waals surface area (Å²) in [6, 6.07) is 1.16. The van der Waals surface area contributed by atoms with E-state index in [0.29, 0.717) is 12.1 Å². The Morgan fingerprint density at radius 1 is 1.35 bits per heavy atom. The first-order valence-corrected chi connectivity index (χ1v) is 7.22. The molecule has 1 aliphatic heterocycles. The van der Waals surface area contributed by atoms with E-state index in [1.807, 2.05) is 0 Å². The Morgan fingerprint density at radius 3 is 2.76 bits per heavy atom. The van der Waals surface area contributed by atoms with Gasteiger partial charge in [0.1, 0.15) is 0 Å². The molecular formula is C14H28N2O. The van der Waals surface area contributed by atoms with Crippen LogP contribution in [0, 0.1) is 11.8 Å². The third-order valence-corrected chi connectivity index (χ3v) is 4.77. The Labute approximate surface area is 106 Å². The quantitative estimate of drug-likeness (QED) is 0.815. The van der Waals surface area contributed by atoms with Gasteiger partial charge in [0.05, 0.1) is 6.61 Å². The number of nitrogens with two attached hydrogens (primary N) is 1. The number of hydrogen-bond acceptors (Lipinski definition) is 3. The minimum absolute atomic E-state index is 0.560. The molecule has 2 aliphatic rings. The zero-order chi connectivity index (χ0) is 12.3. The molecule has 4 atom stereocenters. The van der Waals surface area contributed by atoms with E-state index in [9.17, 15) is 0 Å². The Morgan fingerprint density at radius 2 is 2.18 bits per heavy atom. The van der Waals surface area contributed by atoms with Crippen LogP contribution in [0.3, 0.4) is 0 Å². The van der Waals surface area contributed by atoms with Crippen molar-refractivity contribution in [2.75, 3.05) is 26.8 Å². The van der Waals surface area contributed by atoms with E-state index in [4.69, 9.17) is 10.5 Å². The molecule has 17 heavy (non-hydrogen) atoms. The second-order valence-corrected chi connectivity index (χ2v) is 6.02. The molecule has 2 fully saturated rings. The van der Waals surface area contributed by atoms with Gasteiger partial charge in [-0.2, -0.15) is 0 Å². The van der Waals surface area contributed by atoms with Crippen LogP contribution >= 0.6 is 0 Å². The Bertz CT molecular complexity index is 226. The maximum absolute atomic E-state index is 6.04. The van der Waals surface area contributed by atoms with Crippen LogP contribution in [0.5, 0.6) is 0 Å². The highest BCUT2D eigenvalue weighted by molar-refractivity contribution is 4.87. The fourth-order valence-corrected chi connectivity index (χ4v) is 3.64. The van der Waals surface area contributed by atoms with E-state index in [1.165, 1.54) is 32.1 Å². The fraction of sp³-hybridized carbons (Fsp3) is 1.00. The summed E-state index contributed by atoms with van der Waals surface area (Å²) in [4.78, 5) is 2.51. The molecule has 3 nitrogen and oxygen atoms in total. The molecule has 1 saturated carbocycles. The zero-order valence-corrected chi connectivity index (χ0v) is 11.4. The summed E-state index contributed by atoms with van der Waals surface area (Å²) >= 11 is 0. The summed E-state index contributed by atoms with van der Waals surface area (Å²) < 4.78 is 5.50. The van der Waals surface area contributed by atoms with E-state index < -0.39 is 0 Å². The van der Waals surface area contributed by atoms with Crippen LogP contribution in [0.25, 0.3) is 0 Å². The monoisotopic (exact) mass is 240 g/mol. The lowest BCUT2D eigenvalue weighted by Crippen LogP contribution is -2.49. The molecule has 3 heteroatoms. The molecule has 0 spiro atoms. The molecule has 0 radical (unpaired) electrons. The first-order chi connectivity index (χ1) is 8.22. The van der Waals surface area contributed by atoms with Crippen molar-refractivity contribution >= 4 is 0 Å². The van der Waals surface area contributed by atoms with Crippen LogP contribution in [0.1, 0.15) is 39.0 Å². The average molecular weight is 240 g/mol. The maximum atomic E-state index is 6.04. The molecular weight excluding hydrogens is 212 g/mol. The van der Waals surface area contributed by atoms with E-state index >= 15 is 0 Å². The van der Waals surface area contributed by atoms with Crippen LogP contribution in [0.15, 0.2) is 0 Å². The van der Waals surface area contributed by atoms with E-state index in [2.05, 4.69) is 18.9 Å². The van der Waals surface area contributed by atoms with Gasteiger partial charge in [-0.3, -0.25) is 4.90 Å². The van der Waals surface area contributed by atoms with Gasteiger partial charge in [-0.15, -0.1) is 0 Å². The van der Waals surface area contributed by atoms with Crippen LogP contribution < -0.4 is 5.73 Å². The van der Waals surface area contributed by atoms with Crippen LogP contribution in [0.4, 0.5) is 0 Å². The summed E-state index contributed by atoms with van der Waals surface area (Å²) in [6.07, 6.45) is 6.70. The molecule has 2 rings (SSSR count). The highest BCUT2D eigenvalue weighted by atomic mass is 16.5. The summed E-state index contributed by atoms with van der Waals surface area (Å²) in [6.45, 7) is 5.01. The van der Waals surface area contributed by atoms with Crippen molar-refractivity contribution in [2.24, 2.45) is 17.6 Å². The van der Waals surface area contributed by atoms with Gasteiger partial charge in [-0.25, -0.2) is 0 Å². The molecule has 0 aromatic carbocycles. The topological polar surface area (TPSA) is 38.5 Å². The van der Waals surface area contributed by atoms with Crippen molar-refractivity contribution < 1.29 is 4.74 Å². The Balaban J connectivity index is 1.93. The Hall–Kier alpha value is -0.120. The van der Waals surface area contributed by atoms with Crippen LogP contribution in [-0.2, 0) is 4.74 Å². The first kappa shape index (κ1) is 13.3. The van der Waals surface area contributed by atoms with Crippen molar-refractivity contribution in [2.45, 2.75) is 51.1 Å². The van der Waals surface area contributed by atoms with Crippen molar-refractivity contribution in [3.05, 3.63) is 0 Å². The lowest BCUT2D eigenvalue weighted by molar-refractivity contribution is 0.0830. The predicted molar refractivity (Wildman–Crippen MR) is 71.0 cm³/mol. The Kier molecular flexibility index (Phi) is 4.83. The van der Waals surface area contributed by atoms with Gasteiger partial charge in [-0.05, 0) is 38.1 Å². The van der Waals surface area contributed by atoms with Crippen LogP contribution in [-0.4, -0.2) is 43.8 Å². The normalized spacial score (nSPS) is 36.4. The maximum Gasteiger partial charge on any atom is 0.0622 e. The molecule has 0 amide bonds.